The lowest BCUT2D eigenvalue weighted by molar-refractivity contribution is 0.149. The van der Waals surface area contributed by atoms with Gasteiger partial charge >= 0.3 is 0 Å². The molecule has 0 heterocycles. The van der Waals surface area contributed by atoms with Crippen molar-refractivity contribution in [3.05, 3.63) is 36.9 Å². The van der Waals surface area contributed by atoms with Crippen LogP contribution in [0.3, 0.4) is 0 Å². The Morgan fingerprint density at radius 2 is 1.95 bits per heavy atom. The van der Waals surface area contributed by atoms with Crippen LogP contribution in [-0.2, 0) is 14.8 Å². The van der Waals surface area contributed by atoms with E-state index < -0.39 is 10.0 Å². The Bertz CT molecular complexity index is 483. The fourth-order valence-electron chi connectivity index (χ4n) is 1.41. The second kappa shape index (κ2) is 7.93. The van der Waals surface area contributed by atoms with Crippen LogP contribution in [0.15, 0.2) is 41.8 Å². The summed E-state index contributed by atoms with van der Waals surface area (Å²) in [5.41, 5.74) is 0.863. The van der Waals surface area contributed by atoms with Crippen LogP contribution in [-0.4, -0.2) is 35.2 Å². The molecule has 1 aromatic carbocycles. The molecule has 0 unspecified atom stereocenters. The highest BCUT2D eigenvalue weighted by molar-refractivity contribution is 7.89. The molecule has 0 aliphatic rings. The van der Waals surface area contributed by atoms with E-state index in [0.29, 0.717) is 19.8 Å². The van der Waals surface area contributed by atoms with Gasteiger partial charge in [-0.25, -0.2) is 13.1 Å². The molecule has 2 N–H and O–H groups in total. The first-order valence-corrected chi connectivity index (χ1v) is 7.54. The van der Waals surface area contributed by atoms with Gasteiger partial charge in [-0.05, 0) is 37.7 Å². The number of anilines is 1. The number of nitrogens with one attached hydrogen (secondary N) is 2. The highest BCUT2D eigenvalue weighted by Crippen LogP contribution is 2.13. The molecule has 0 saturated heterocycles. The minimum absolute atomic E-state index is 0.253. The van der Waals surface area contributed by atoms with Crippen molar-refractivity contribution in [2.24, 2.45) is 0 Å². The van der Waals surface area contributed by atoms with Crippen molar-refractivity contribution >= 4 is 15.7 Å². The lowest BCUT2D eigenvalue weighted by atomic mass is 10.3. The largest absolute Gasteiger partial charge is 0.383 e. The third-order valence-corrected chi connectivity index (χ3v) is 3.91. The van der Waals surface area contributed by atoms with Gasteiger partial charge in [0.25, 0.3) is 0 Å². The number of hydrogen-bond acceptors (Lipinski definition) is 4. The fraction of sp³-hybridized carbons (Fsp3) is 0.385. The summed E-state index contributed by atoms with van der Waals surface area (Å²) in [6.45, 7) is 5.56. The minimum atomic E-state index is -3.36. The number of rotatable bonds is 9. The van der Waals surface area contributed by atoms with Gasteiger partial charge in [0, 0.05) is 12.2 Å². The maximum Gasteiger partial charge on any atom is 0.240 e. The normalized spacial score (nSPS) is 11.2. The summed E-state index contributed by atoms with van der Waals surface area (Å²) in [5.74, 6) is 0. The molecule has 19 heavy (non-hydrogen) atoms. The van der Waals surface area contributed by atoms with Crippen LogP contribution in [0.5, 0.6) is 0 Å². The van der Waals surface area contributed by atoms with Gasteiger partial charge in [0.05, 0.1) is 18.1 Å². The van der Waals surface area contributed by atoms with Crippen molar-refractivity contribution in [3.63, 3.8) is 0 Å². The highest BCUT2D eigenvalue weighted by atomic mass is 32.2. The van der Waals surface area contributed by atoms with E-state index >= 15 is 0 Å². The molecule has 0 amide bonds. The zero-order valence-electron chi connectivity index (χ0n) is 11.1. The molecule has 0 aromatic heterocycles. The van der Waals surface area contributed by atoms with Gasteiger partial charge < -0.3 is 10.1 Å². The predicted octanol–water partition coefficient (Wildman–Crippen LogP) is 1.60. The molecule has 0 radical (unpaired) electrons. The van der Waals surface area contributed by atoms with Crippen molar-refractivity contribution in [1.82, 2.24) is 4.72 Å². The van der Waals surface area contributed by atoms with E-state index in [2.05, 4.69) is 16.6 Å². The lowest BCUT2D eigenvalue weighted by Gasteiger charge is -2.08. The molecule has 0 spiro atoms. The van der Waals surface area contributed by atoms with Crippen LogP contribution in [0, 0.1) is 0 Å². The Balaban J connectivity index is 2.39. The van der Waals surface area contributed by atoms with Crippen LogP contribution >= 0.6 is 0 Å². The zero-order chi connectivity index (χ0) is 14.1. The van der Waals surface area contributed by atoms with Crippen LogP contribution < -0.4 is 10.0 Å². The molecule has 0 aliphatic carbocycles. The second-order valence-electron chi connectivity index (χ2n) is 3.85. The van der Waals surface area contributed by atoms with Crippen LogP contribution in [0.1, 0.15) is 6.42 Å². The van der Waals surface area contributed by atoms with Gasteiger partial charge in [0.2, 0.25) is 10.0 Å². The van der Waals surface area contributed by atoms with Crippen molar-refractivity contribution < 1.29 is 13.2 Å². The molecule has 0 aliphatic heterocycles. The van der Waals surface area contributed by atoms with Crippen molar-refractivity contribution in [3.8, 4) is 0 Å². The quantitative estimate of drug-likeness (QED) is 0.534. The van der Waals surface area contributed by atoms with E-state index in [1.807, 2.05) is 6.08 Å². The monoisotopic (exact) mass is 284 g/mol. The average Bonchev–Trinajstić information content (AvgIpc) is 2.43. The Labute approximate surface area is 114 Å². The Morgan fingerprint density at radius 1 is 1.26 bits per heavy atom. The molecule has 1 rings (SSSR count). The standard InChI is InChI=1S/C13H20N2O3S/c1-3-4-10-18-11-9-15-12-5-7-13(8-6-12)19(16,17)14-2/h3,5-8,14-15H,1,4,9-11H2,2H3. The van der Waals surface area contributed by atoms with E-state index in [1.54, 1.807) is 24.3 Å². The molecular weight excluding hydrogens is 264 g/mol. The summed E-state index contributed by atoms with van der Waals surface area (Å²) in [7, 11) is -1.97. The van der Waals surface area contributed by atoms with E-state index in [1.165, 1.54) is 7.05 Å². The Hall–Kier alpha value is -1.37. The Kier molecular flexibility index (Phi) is 6.55. The summed E-state index contributed by atoms with van der Waals surface area (Å²) in [4.78, 5) is 0.253. The smallest absolute Gasteiger partial charge is 0.240 e. The van der Waals surface area contributed by atoms with Crippen LogP contribution in [0.25, 0.3) is 0 Å². The Morgan fingerprint density at radius 3 is 2.53 bits per heavy atom. The van der Waals surface area contributed by atoms with Gasteiger partial charge in [-0.1, -0.05) is 6.08 Å². The first-order chi connectivity index (χ1) is 9.10. The van der Waals surface area contributed by atoms with Gasteiger partial charge in [0.1, 0.15) is 0 Å². The third-order valence-electron chi connectivity index (χ3n) is 2.48. The summed E-state index contributed by atoms with van der Waals surface area (Å²) < 4.78 is 30.7. The molecule has 0 atom stereocenters. The maximum atomic E-state index is 11.5. The first kappa shape index (κ1) is 15.7. The molecule has 0 saturated carbocycles. The molecule has 0 fully saturated rings. The van der Waals surface area contributed by atoms with Crippen molar-refractivity contribution in [2.45, 2.75) is 11.3 Å². The van der Waals surface area contributed by atoms with Crippen LogP contribution in [0.2, 0.25) is 0 Å². The minimum Gasteiger partial charge on any atom is -0.383 e. The van der Waals surface area contributed by atoms with Crippen molar-refractivity contribution in [2.75, 3.05) is 32.1 Å². The molecule has 5 nitrogen and oxygen atoms in total. The number of sulfonamides is 1. The topological polar surface area (TPSA) is 67.4 Å². The zero-order valence-corrected chi connectivity index (χ0v) is 11.9. The summed E-state index contributed by atoms with van der Waals surface area (Å²) in [6.07, 6.45) is 2.66. The summed E-state index contributed by atoms with van der Waals surface area (Å²) in [6, 6.07) is 6.58. The molecule has 0 bridgehead atoms. The molecule has 1 aromatic rings. The number of ether oxygens (including phenoxy) is 1. The molecule has 106 valence electrons. The van der Waals surface area contributed by atoms with Gasteiger partial charge in [-0.15, -0.1) is 6.58 Å². The number of benzene rings is 1. The van der Waals surface area contributed by atoms with E-state index in [-0.39, 0.29) is 4.90 Å². The third kappa shape index (κ3) is 5.42. The van der Waals surface area contributed by atoms with Crippen molar-refractivity contribution in [1.29, 1.82) is 0 Å². The summed E-state index contributed by atoms with van der Waals surface area (Å²) >= 11 is 0. The number of hydrogen-bond donors (Lipinski definition) is 2. The predicted molar refractivity (Wildman–Crippen MR) is 76.8 cm³/mol. The highest BCUT2D eigenvalue weighted by Gasteiger charge is 2.09. The fourth-order valence-corrected chi connectivity index (χ4v) is 2.14. The van der Waals surface area contributed by atoms with Gasteiger partial charge in [-0.3, -0.25) is 0 Å². The first-order valence-electron chi connectivity index (χ1n) is 6.06. The molecular formula is C13H20N2O3S. The summed E-state index contributed by atoms with van der Waals surface area (Å²) in [5, 5.41) is 3.15. The lowest BCUT2D eigenvalue weighted by Crippen LogP contribution is -2.18. The average molecular weight is 284 g/mol. The van der Waals surface area contributed by atoms with E-state index in [0.717, 1.165) is 12.1 Å². The SMILES string of the molecule is C=CCCOCCNc1ccc(S(=O)(=O)NC)cc1. The van der Waals surface area contributed by atoms with E-state index in [4.69, 9.17) is 4.74 Å². The van der Waals surface area contributed by atoms with Gasteiger partial charge in [0.15, 0.2) is 0 Å². The van der Waals surface area contributed by atoms with Gasteiger partial charge in [-0.2, -0.15) is 0 Å². The second-order valence-corrected chi connectivity index (χ2v) is 5.73. The molecule has 6 heteroatoms. The van der Waals surface area contributed by atoms with E-state index in [9.17, 15) is 8.42 Å². The maximum absolute atomic E-state index is 11.5. The van der Waals surface area contributed by atoms with Crippen LogP contribution in [0.4, 0.5) is 5.69 Å².